The second kappa shape index (κ2) is 7.45. The number of rotatable bonds is 5. The summed E-state index contributed by atoms with van der Waals surface area (Å²) in [5, 5.41) is 4.46. The van der Waals surface area contributed by atoms with Crippen LogP contribution in [0.1, 0.15) is 39.2 Å². The summed E-state index contributed by atoms with van der Waals surface area (Å²) < 4.78 is 26.8. The van der Waals surface area contributed by atoms with Crippen LogP contribution in [0.3, 0.4) is 0 Å². The molecule has 26 heavy (non-hydrogen) atoms. The highest BCUT2D eigenvalue weighted by Crippen LogP contribution is 2.22. The molecule has 0 heterocycles. The maximum Gasteiger partial charge on any atom is 0.264 e. The number of hydrogen-bond acceptors (Lipinski definition) is 4. The number of fused-ring (bicyclic) bond motifs is 1. The first kappa shape index (κ1) is 19.9. The number of amides is 2. The number of hydrogen-bond donors (Lipinski definition) is 2. The van der Waals surface area contributed by atoms with Gasteiger partial charge in [0.05, 0.1) is 4.90 Å². The van der Waals surface area contributed by atoms with E-state index in [0.717, 1.165) is 16.3 Å². The second-order valence-electron chi connectivity index (χ2n) is 7.28. The zero-order valence-electron chi connectivity index (χ0n) is 15.4. The standard InChI is InChI=1S/C19H24N2O4S/c1-13-6-5-7-14-12-15(8-9-16(13)14)26(24,25)21-18(23)11-10-17(22)20-19(2,3)4/h5-9,12H,10-11H2,1-4H3,(H,20,22)(H,21,23). The number of benzene rings is 2. The average molecular weight is 376 g/mol. The molecule has 6 nitrogen and oxygen atoms in total. The van der Waals surface area contributed by atoms with Gasteiger partial charge in [0, 0.05) is 18.4 Å². The highest BCUT2D eigenvalue weighted by atomic mass is 32.2. The lowest BCUT2D eigenvalue weighted by atomic mass is 10.1. The van der Waals surface area contributed by atoms with Crippen LogP contribution in [0, 0.1) is 6.92 Å². The molecule has 0 bridgehead atoms. The van der Waals surface area contributed by atoms with E-state index in [1.807, 2.05) is 50.6 Å². The molecule has 0 unspecified atom stereocenters. The summed E-state index contributed by atoms with van der Waals surface area (Å²) in [6.45, 7) is 7.44. The van der Waals surface area contributed by atoms with E-state index in [1.165, 1.54) is 12.1 Å². The minimum absolute atomic E-state index is 0.0168. The Kier molecular flexibility index (Phi) is 5.71. The summed E-state index contributed by atoms with van der Waals surface area (Å²) in [6.07, 6.45) is -0.274. The van der Waals surface area contributed by atoms with Gasteiger partial charge in [-0.1, -0.05) is 24.3 Å². The van der Waals surface area contributed by atoms with Crippen LogP contribution in [-0.4, -0.2) is 25.8 Å². The summed E-state index contributed by atoms with van der Waals surface area (Å²) >= 11 is 0. The minimum atomic E-state index is -3.98. The molecule has 2 amide bonds. The summed E-state index contributed by atoms with van der Waals surface area (Å²) in [5.41, 5.74) is 0.642. The van der Waals surface area contributed by atoms with Crippen molar-refractivity contribution in [2.24, 2.45) is 0 Å². The van der Waals surface area contributed by atoms with Gasteiger partial charge in [0.1, 0.15) is 0 Å². The smallest absolute Gasteiger partial charge is 0.264 e. The van der Waals surface area contributed by atoms with Crippen molar-refractivity contribution in [2.45, 2.75) is 51.0 Å². The summed E-state index contributed by atoms with van der Waals surface area (Å²) in [5.74, 6) is -1.01. The van der Waals surface area contributed by atoms with Gasteiger partial charge in [0.25, 0.3) is 10.0 Å². The van der Waals surface area contributed by atoms with E-state index in [-0.39, 0.29) is 23.6 Å². The van der Waals surface area contributed by atoms with E-state index in [1.54, 1.807) is 6.07 Å². The SMILES string of the molecule is Cc1cccc2cc(S(=O)(=O)NC(=O)CCC(=O)NC(C)(C)C)ccc12. The molecule has 2 aromatic carbocycles. The van der Waals surface area contributed by atoms with E-state index in [4.69, 9.17) is 0 Å². The minimum Gasteiger partial charge on any atom is -0.351 e. The second-order valence-corrected chi connectivity index (χ2v) is 8.97. The molecule has 0 spiro atoms. The molecule has 2 N–H and O–H groups in total. The molecule has 0 atom stereocenters. The zero-order chi connectivity index (χ0) is 19.5. The van der Waals surface area contributed by atoms with Gasteiger partial charge in [0.2, 0.25) is 11.8 Å². The van der Waals surface area contributed by atoms with Gasteiger partial charge in [0.15, 0.2) is 0 Å². The molecule has 2 rings (SSSR count). The van der Waals surface area contributed by atoms with Crippen molar-refractivity contribution in [3.63, 3.8) is 0 Å². The van der Waals surface area contributed by atoms with E-state index in [0.29, 0.717) is 0 Å². The molecule has 7 heteroatoms. The topological polar surface area (TPSA) is 92.3 Å². The fraction of sp³-hybridized carbons (Fsp3) is 0.368. The largest absolute Gasteiger partial charge is 0.351 e. The monoisotopic (exact) mass is 376 g/mol. The van der Waals surface area contributed by atoms with Crippen LogP contribution in [0.25, 0.3) is 10.8 Å². The maximum absolute atomic E-state index is 12.4. The molecule has 0 radical (unpaired) electrons. The van der Waals surface area contributed by atoms with Crippen molar-refractivity contribution < 1.29 is 18.0 Å². The first-order valence-corrected chi connectivity index (χ1v) is 9.82. The Bertz CT molecular complexity index is 944. The van der Waals surface area contributed by atoms with Crippen molar-refractivity contribution in [3.05, 3.63) is 42.0 Å². The molecule has 0 aliphatic carbocycles. The van der Waals surface area contributed by atoms with Crippen molar-refractivity contribution >= 4 is 32.6 Å². The fourth-order valence-electron chi connectivity index (χ4n) is 2.56. The quantitative estimate of drug-likeness (QED) is 0.839. The van der Waals surface area contributed by atoms with Gasteiger partial charge in [-0.05, 0) is 56.2 Å². The Morgan fingerprint density at radius 3 is 2.31 bits per heavy atom. The molecule has 0 aromatic heterocycles. The molecule has 140 valence electrons. The van der Waals surface area contributed by atoms with E-state index in [2.05, 4.69) is 5.32 Å². The zero-order valence-corrected chi connectivity index (χ0v) is 16.2. The Balaban J connectivity index is 2.06. The van der Waals surface area contributed by atoms with Crippen LogP contribution < -0.4 is 10.0 Å². The fourth-order valence-corrected chi connectivity index (χ4v) is 3.61. The lowest BCUT2D eigenvalue weighted by molar-refractivity contribution is -0.126. The Morgan fingerprint density at radius 2 is 1.65 bits per heavy atom. The molecule has 0 fully saturated rings. The molecular formula is C19H24N2O4S. The third-order valence-electron chi connectivity index (χ3n) is 3.72. The first-order valence-electron chi connectivity index (χ1n) is 8.34. The normalized spacial score (nSPS) is 12.0. The van der Waals surface area contributed by atoms with Gasteiger partial charge < -0.3 is 5.32 Å². The molecular weight excluding hydrogens is 352 g/mol. The van der Waals surface area contributed by atoms with Gasteiger partial charge in [-0.25, -0.2) is 13.1 Å². The third-order valence-corrected chi connectivity index (χ3v) is 5.09. The molecule has 0 aliphatic rings. The summed E-state index contributed by atoms with van der Waals surface area (Å²) in [4.78, 5) is 23.7. The Labute approximate surface area is 154 Å². The number of carbonyl (C=O) groups is 2. The van der Waals surface area contributed by atoms with Crippen LogP contribution in [0.2, 0.25) is 0 Å². The summed E-state index contributed by atoms with van der Waals surface area (Å²) in [6, 6.07) is 10.3. The predicted octanol–water partition coefficient (Wildman–Crippen LogP) is 2.65. The highest BCUT2D eigenvalue weighted by molar-refractivity contribution is 7.90. The highest BCUT2D eigenvalue weighted by Gasteiger charge is 2.20. The summed E-state index contributed by atoms with van der Waals surface area (Å²) in [7, 11) is -3.98. The predicted molar refractivity (Wildman–Crippen MR) is 101 cm³/mol. The molecule has 0 saturated carbocycles. The molecule has 2 aromatic rings. The van der Waals surface area contributed by atoms with Gasteiger partial charge in [-0.2, -0.15) is 0 Å². The number of aryl methyl sites for hydroxylation is 1. The van der Waals surface area contributed by atoms with Crippen molar-refractivity contribution in [1.29, 1.82) is 0 Å². The van der Waals surface area contributed by atoms with E-state index >= 15 is 0 Å². The Hall–Kier alpha value is -2.41. The van der Waals surface area contributed by atoms with Gasteiger partial charge >= 0.3 is 0 Å². The van der Waals surface area contributed by atoms with Gasteiger partial charge in [-0.3, -0.25) is 9.59 Å². The van der Waals surface area contributed by atoms with Crippen LogP contribution in [0.4, 0.5) is 0 Å². The van der Waals surface area contributed by atoms with Crippen LogP contribution in [0.15, 0.2) is 41.3 Å². The number of nitrogens with one attached hydrogen (secondary N) is 2. The van der Waals surface area contributed by atoms with Crippen molar-refractivity contribution in [1.82, 2.24) is 10.0 Å². The van der Waals surface area contributed by atoms with Crippen molar-refractivity contribution in [3.8, 4) is 0 Å². The van der Waals surface area contributed by atoms with Crippen molar-refractivity contribution in [2.75, 3.05) is 0 Å². The van der Waals surface area contributed by atoms with Gasteiger partial charge in [-0.15, -0.1) is 0 Å². The first-order chi connectivity index (χ1) is 12.0. The number of carbonyl (C=O) groups excluding carboxylic acids is 2. The number of sulfonamides is 1. The molecule has 0 saturated heterocycles. The van der Waals surface area contributed by atoms with E-state index in [9.17, 15) is 18.0 Å². The average Bonchev–Trinajstić information content (AvgIpc) is 2.51. The van der Waals surface area contributed by atoms with E-state index < -0.39 is 21.5 Å². The maximum atomic E-state index is 12.4. The lowest BCUT2D eigenvalue weighted by Crippen LogP contribution is -2.41. The molecule has 0 aliphatic heterocycles. The van der Waals surface area contributed by atoms with Crippen LogP contribution in [0.5, 0.6) is 0 Å². The lowest BCUT2D eigenvalue weighted by Gasteiger charge is -2.20. The van der Waals surface area contributed by atoms with Crippen LogP contribution >= 0.6 is 0 Å². The Morgan fingerprint density at radius 1 is 1.00 bits per heavy atom. The third kappa shape index (κ3) is 5.29. The van der Waals surface area contributed by atoms with Crippen LogP contribution in [-0.2, 0) is 19.6 Å².